The second kappa shape index (κ2) is 8.87. The minimum absolute atomic E-state index is 0.0966. The first-order valence-corrected chi connectivity index (χ1v) is 8.41. The Labute approximate surface area is 148 Å². The summed E-state index contributed by atoms with van der Waals surface area (Å²) in [6.45, 7) is 6.76. The normalized spacial score (nSPS) is 10.4. The smallest absolute Gasteiger partial charge is 0.315 e. The van der Waals surface area contributed by atoms with Gasteiger partial charge >= 0.3 is 6.03 Å². The maximum Gasteiger partial charge on any atom is 0.315 e. The van der Waals surface area contributed by atoms with E-state index < -0.39 is 0 Å². The number of urea groups is 1. The molecule has 0 bridgehead atoms. The van der Waals surface area contributed by atoms with Gasteiger partial charge in [-0.05, 0) is 49.6 Å². The fourth-order valence-electron chi connectivity index (χ4n) is 2.36. The highest BCUT2D eigenvalue weighted by molar-refractivity contribution is 5.94. The molecule has 0 spiro atoms. The van der Waals surface area contributed by atoms with Gasteiger partial charge in [0.15, 0.2) is 0 Å². The van der Waals surface area contributed by atoms with Crippen molar-refractivity contribution in [1.82, 2.24) is 16.0 Å². The van der Waals surface area contributed by atoms with Crippen molar-refractivity contribution in [2.24, 2.45) is 0 Å². The Morgan fingerprint density at radius 2 is 1.60 bits per heavy atom. The van der Waals surface area contributed by atoms with Gasteiger partial charge in [0, 0.05) is 24.7 Å². The molecule has 0 heterocycles. The molecule has 0 saturated heterocycles. The zero-order chi connectivity index (χ0) is 18.2. The fraction of sp³-hybridized carbons (Fsp3) is 0.300. The van der Waals surface area contributed by atoms with Crippen molar-refractivity contribution in [2.75, 3.05) is 0 Å². The molecular weight excluding hydrogens is 314 g/mol. The van der Waals surface area contributed by atoms with Crippen molar-refractivity contribution in [2.45, 2.75) is 39.9 Å². The van der Waals surface area contributed by atoms with Crippen molar-refractivity contribution in [3.63, 3.8) is 0 Å². The third kappa shape index (κ3) is 5.95. The SMILES string of the molecule is Cc1ccccc1CNC(=O)c1ccc(CNC(=O)NC(C)C)cc1. The molecule has 2 aromatic rings. The molecule has 0 aliphatic carbocycles. The number of rotatable bonds is 6. The van der Waals surface area contributed by atoms with Crippen molar-refractivity contribution in [3.05, 3.63) is 70.8 Å². The Bertz CT molecular complexity index is 724. The predicted octanol–water partition coefficient (Wildman–Crippen LogP) is 3.13. The van der Waals surface area contributed by atoms with E-state index in [1.54, 1.807) is 12.1 Å². The number of carbonyl (C=O) groups excluding carboxylic acids is 2. The molecule has 0 unspecified atom stereocenters. The summed E-state index contributed by atoms with van der Waals surface area (Å²) in [6.07, 6.45) is 0. The Morgan fingerprint density at radius 1 is 0.920 bits per heavy atom. The lowest BCUT2D eigenvalue weighted by atomic mass is 10.1. The molecule has 3 N–H and O–H groups in total. The highest BCUT2D eigenvalue weighted by Crippen LogP contribution is 2.08. The van der Waals surface area contributed by atoms with Gasteiger partial charge in [-0.3, -0.25) is 4.79 Å². The van der Waals surface area contributed by atoms with Crippen molar-refractivity contribution in [1.29, 1.82) is 0 Å². The quantitative estimate of drug-likeness (QED) is 0.757. The Hall–Kier alpha value is -2.82. The zero-order valence-corrected chi connectivity index (χ0v) is 14.9. The molecule has 25 heavy (non-hydrogen) atoms. The molecule has 2 rings (SSSR count). The van der Waals surface area contributed by atoms with Crippen LogP contribution in [0.25, 0.3) is 0 Å². The molecule has 5 heteroatoms. The van der Waals surface area contributed by atoms with Crippen LogP contribution in [0.5, 0.6) is 0 Å². The molecular formula is C20H25N3O2. The standard InChI is InChI=1S/C20H25N3O2/c1-14(2)23-20(25)22-12-16-8-10-17(11-9-16)19(24)21-13-18-7-5-4-6-15(18)3/h4-11,14H,12-13H2,1-3H3,(H,21,24)(H2,22,23,25). The van der Waals surface area contributed by atoms with Crippen LogP contribution in [0.1, 0.15) is 40.9 Å². The highest BCUT2D eigenvalue weighted by Gasteiger charge is 2.07. The summed E-state index contributed by atoms with van der Waals surface area (Å²) in [5.41, 5.74) is 3.80. The number of amides is 3. The van der Waals surface area contributed by atoms with Crippen LogP contribution < -0.4 is 16.0 Å². The predicted molar refractivity (Wildman–Crippen MR) is 99.3 cm³/mol. The van der Waals surface area contributed by atoms with Gasteiger partial charge in [-0.2, -0.15) is 0 Å². The van der Waals surface area contributed by atoms with E-state index in [9.17, 15) is 9.59 Å². The van der Waals surface area contributed by atoms with Crippen LogP contribution >= 0.6 is 0 Å². The van der Waals surface area contributed by atoms with Crippen molar-refractivity contribution >= 4 is 11.9 Å². The molecule has 2 aromatic carbocycles. The van der Waals surface area contributed by atoms with E-state index >= 15 is 0 Å². The monoisotopic (exact) mass is 339 g/mol. The second-order valence-electron chi connectivity index (χ2n) is 6.29. The maximum atomic E-state index is 12.2. The van der Waals surface area contributed by atoms with Gasteiger partial charge in [-0.25, -0.2) is 4.79 Å². The summed E-state index contributed by atoms with van der Waals surface area (Å²) in [5, 5.41) is 8.48. The third-order valence-electron chi connectivity index (χ3n) is 3.79. The lowest BCUT2D eigenvalue weighted by Crippen LogP contribution is -2.39. The molecule has 0 aliphatic rings. The van der Waals surface area contributed by atoms with Crippen LogP contribution in [-0.4, -0.2) is 18.0 Å². The van der Waals surface area contributed by atoms with Gasteiger partial charge in [0.05, 0.1) is 0 Å². The molecule has 3 amide bonds. The van der Waals surface area contributed by atoms with Gasteiger partial charge in [-0.1, -0.05) is 36.4 Å². The Kier molecular flexibility index (Phi) is 6.57. The number of nitrogens with one attached hydrogen (secondary N) is 3. The van der Waals surface area contributed by atoms with Crippen LogP contribution in [0.4, 0.5) is 4.79 Å². The summed E-state index contributed by atoms with van der Waals surface area (Å²) >= 11 is 0. The van der Waals surface area contributed by atoms with Gasteiger partial charge in [0.25, 0.3) is 5.91 Å². The number of hydrogen-bond donors (Lipinski definition) is 3. The first kappa shape index (κ1) is 18.5. The summed E-state index contributed by atoms with van der Waals surface area (Å²) in [4.78, 5) is 23.8. The summed E-state index contributed by atoms with van der Waals surface area (Å²) in [6, 6.07) is 15.1. The molecule has 0 saturated carbocycles. The molecule has 0 fully saturated rings. The minimum Gasteiger partial charge on any atom is -0.348 e. The van der Waals surface area contributed by atoms with Gasteiger partial charge in [-0.15, -0.1) is 0 Å². The second-order valence-corrected chi connectivity index (χ2v) is 6.29. The maximum absolute atomic E-state index is 12.2. The average Bonchev–Trinajstić information content (AvgIpc) is 2.59. The molecule has 132 valence electrons. The molecule has 0 radical (unpaired) electrons. The van der Waals surface area contributed by atoms with Crippen LogP contribution in [-0.2, 0) is 13.1 Å². The van der Waals surface area contributed by atoms with E-state index in [-0.39, 0.29) is 18.0 Å². The lowest BCUT2D eigenvalue weighted by Gasteiger charge is -2.11. The van der Waals surface area contributed by atoms with E-state index in [0.717, 1.165) is 16.7 Å². The van der Waals surface area contributed by atoms with Gasteiger partial charge in [0.1, 0.15) is 0 Å². The zero-order valence-electron chi connectivity index (χ0n) is 14.9. The van der Waals surface area contributed by atoms with Crippen LogP contribution in [0.3, 0.4) is 0 Å². The van der Waals surface area contributed by atoms with Crippen molar-refractivity contribution in [3.8, 4) is 0 Å². The van der Waals surface area contributed by atoms with Gasteiger partial charge in [0.2, 0.25) is 0 Å². The first-order valence-electron chi connectivity index (χ1n) is 8.41. The highest BCUT2D eigenvalue weighted by atomic mass is 16.2. The third-order valence-corrected chi connectivity index (χ3v) is 3.79. The topological polar surface area (TPSA) is 70.2 Å². The van der Waals surface area contributed by atoms with Crippen LogP contribution in [0.2, 0.25) is 0 Å². The largest absolute Gasteiger partial charge is 0.348 e. The van der Waals surface area contributed by atoms with E-state index in [0.29, 0.717) is 18.7 Å². The first-order chi connectivity index (χ1) is 12.0. The van der Waals surface area contributed by atoms with E-state index in [1.807, 2.05) is 57.2 Å². The Morgan fingerprint density at radius 3 is 2.24 bits per heavy atom. The van der Waals surface area contributed by atoms with Gasteiger partial charge < -0.3 is 16.0 Å². The van der Waals surface area contributed by atoms with E-state index in [1.165, 1.54) is 0 Å². The van der Waals surface area contributed by atoms with Crippen LogP contribution in [0, 0.1) is 6.92 Å². The molecule has 0 aliphatic heterocycles. The summed E-state index contributed by atoms with van der Waals surface area (Å²) < 4.78 is 0. The van der Waals surface area contributed by atoms with Crippen LogP contribution in [0.15, 0.2) is 48.5 Å². The van der Waals surface area contributed by atoms with Crippen molar-refractivity contribution < 1.29 is 9.59 Å². The number of benzene rings is 2. The number of carbonyl (C=O) groups is 2. The summed E-state index contributed by atoms with van der Waals surface area (Å²) in [5.74, 6) is -0.111. The molecule has 0 aromatic heterocycles. The minimum atomic E-state index is -0.199. The van der Waals surface area contributed by atoms with E-state index in [2.05, 4.69) is 16.0 Å². The molecule has 5 nitrogen and oxygen atoms in total. The average molecular weight is 339 g/mol. The lowest BCUT2D eigenvalue weighted by molar-refractivity contribution is 0.0951. The fourth-order valence-corrected chi connectivity index (χ4v) is 2.36. The molecule has 0 atom stereocenters. The van der Waals surface area contributed by atoms with E-state index in [4.69, 9.17) is 0 Å². The Balaban J connectivity index is 1.85. The number of aryl methyl sites for hydroxylation is 1. The number of hydrogen-bond acceptors (Lipinski definition) is 2. The summed E-state index contributed by atoms with van der Waals surface area (Å²) in [7, 11) is 0.